The molecule has 2 rings (SSSR count). The number of benzene rings is 1. The lowest BCUT2D eigenvalue weighted by Crippen LogP contribution is -2.46. The zero-order valence-corrected chi connectivity index (χ0v) is 16.9. The number of halogens is 1. The van der Waals surface area contributed by atoms with Gasteiger partial charge in [-0.2, -0.15) is 0 Å². The largest absolute Gasteiger partial charge is 0.497 e. The number of guanidine groups is 1. The predicted octanol–water partition coefficient (Wildman–Crippen LogP) is 3.55. The lowest BCUT2D eigenvalue weighted by molar-refractivity contribution is 0.266. The predicted molar refractivity (Wildman–Crippen MR) is 108 cm³/mol. The molecule has 23 heavy (non-hydrogen) atoms. The Morgan fingerprint density at radius 1 is 1.43 bits per heavy atom. The van der Waals surface area contributed by atoms with E-state index in [9.17, 15) is 0 Å². The highest BCUT2D eigenvalue weighted by atomic mass is 127. The van der Waals surface area contributed by atoms with Gasteiger partial charge in [0.1, 0.15) is 5.75 Å². The molecule has 1 aromatic rings. The van der Waals surface area contributed by atoms with Gasteiger partial charge in [-0.05, 0) is 49.3 Å². The van der Waals surface area contributed by atoms with E-state index < -0.39 is 0 Å². The molecule has 0 radical (unpaired) electrons. The SMILES string of the molecule is CN=C(NCCCc1cccc(OC)c1)N1CCCC(C)C1.I. The molecule has 1 saturated heterocycles. The summed E-state index contributed by atoms with van der Waals surface area (Å²) < 4.78 is 5.26. The summed E-state index contributed by atoms with van der Waals surface area (Å²) in [5.74, 6) is 2.75. The van der Waals surface area contributed by atoms with E-state index in [4.69, 9.17) is 4.74 Å². The first-order chi connectivity index (χ1) is 10.7. The van der Waals surface area contributed by atoms with Gasteiger partial charge in [-0.15, -0.1) is 24.0 Å². The fraction of sp³-hybridized carbons (Fsp3) is 0.611. The molecule has 5 heteroatoms. The number of ether oxygens (including phenoxy) is 1. The van der Waals surface area contributed by atoms with Crippen molar-refractivity contribution in [2.24, 2.45) is 10.9 Å². The van der Waals surface area contributed by atoms with Gasteiger partial charge in [0, 0.05) is 26.7 Å². The molecule has 0 amide bonds. The quantitative estimate of drug-likeness (QED) is 0.335. The van der Waals surface area contributed by atoms with E-state index in [1.807, 2.05) is 13.1 Å². The third kappa shape index (κ3) is 6.57. The van der Waals surface area contributed by atoms with Crippen LogP contribution < -0.4 is 10.1 Å². The highest BCUT2D eigenvalue weighted by Gasteiger charge is 2.18. The number of aryl methyl sites for hydroxylation is 1. The first-order valence-electron chi connectivity index (χ1n) is 8.31. The average Bonchev–Trinajstić information content (AvgIpc) is 2.55. The highest BCUT2D eigenvalue weighted by Crippen LogP contribution is 2.16. The Bertz CT molecular complexity index is 493. The molecule has 1 aromatic carbocycles. The minimum absolute atomic E-state index is 0. The first kappa shape index (κ1) is 20.1. The molecule has 0 aromatic heterocycles. The van der Waals surface area contributed by atoms with E-state index in [0.717, 1.165) is 50.1 Å². The van der Waals surface area contributed by atoms with Gasteiger partial charge in [0.05, 0.1) is 7.11 Å². The summed E-state index contributed by atoms with van der Waals surface area (Å²) in [5, 5.41) is 3.50. The molecule has 1 N–H and O–H groups in total. The minimum atomic E-state index is 0. The van der Waals surface area contributed by atoms with Gasteiger partial charge in [0.2, 0.25) is 0 Å². The second kappa shape index (κ2) is 10.7. The fourth-order valence-electron chi connectivity index (χ4n) is 3.03. The normalized spacial score (nSPS) is 18.3. The van der Waals surface area contributed by atoms with Crippen molar-refractivity contribution in [3.05, 3.63) is 29.8 Å². The number of aliphatic imine (C=N–C) groups is 1. The number of methoxy groups -OCH3 is 1. The summed E-state index contributed by atoms with van der Waals surface area (Å²) >= 11 is 0. The van der Waals surface area contributed by atoms with E-state index >= 15 is 0 Å². The van der Waals surface area contributed by atoms with Crippen LogP contribution in [0.25, 0.3) is 0 Å². The standard InChI is InChI=1S/C18H29N3O.HI/c1-15-7-6-12-21(14-15)18(19-2)20-11-5-9-16-8-4-10-17(13-16)22-3;/h4,8,10,13,15H,5-7,9,11-12,14H2,1-3H3,(H,19,20);1H. The van der Waals surface area contributed by atoms with Gasteiger partial charge < -0.3 is 15.0 Å². The number of rotatable bonds is 5. The smallest absolute Gasteiger partial charge is 0.193 e. The lowest BCUT2D eigenvalue weighted by atomic mass is 10.0. The monoisotopic (exact) mass is 431 g/mol. The van der Waals surface area contributed by atoms with E-state index in [-0.39, 0.29) is 24.0 Å². The summed E-state index contributed by atoms with van der Waals surface area (Å²) in [6.07, 6.45) is 4.75. The van der Waals surface area contributed by atoms with Crippen molar-refractivity contribution in [3.8, 4) is 5.75 Å². The molecular formula is C18H30IN3O. The molecule has 0 bridgehead atoms. The molecule has 1 atom stereocenters. The number of hydrogen-bond donors (Lipinski definition) is 1. The van der Waals surface area contributed by atoms with Crippen LogP contribution in [0.15, 0.2) is 29.3 Å². The van der Waals surface area contributed by atoms with Crippen molar-refractivity contribution in [2.75, 3.05) is 33.8 Å². The van der Waals surface area contributed by atoms with Crippen molar-refractivity contribution in [2.45, 2.75) is 32.6 Å². The maximum absolute atomic E-state index is 5.26. The van der Waals surface area contributed by atoms with Crippen LogP contribution in [0, 0.1) is 5.92 Å². The van der Waals surface area contributed by atoms with E-state index in [2.05, 4.69) is 40.3 Å². The molecule has 130 valence electrons. The van der Waals surface area contributed by atoms with Gasteiger partial charge in [-0.3, -0.25) is 4.99 Å². The van der Waals surface area contributed by atoms with Crippen molar-refractivity contribution >= 4 is 29.9 Å². The second-order valence-electron chi connectivity index (χ2n) is 6.12. The Morgan fingerprint density at radius 2 is 2.26 bits per heavy atom. The second-order valence-corrected chi connectivity index (χ2v) is 6.12. The maximum Gasteiger partial charge on any atom is 0.193 e. The third-order valence-electron chi connectivity index (χ3n) is 4.23. The first-order valence-corrected chi connectivity index (χ1v) is 8.31. The number of hydrogen-bond acceptors (Lipinski definition) is 2. The minimum Gasteiger partial charge on any atom is -0.497 e. The summed E-state index contributed by atoms with van der Waals surface area (Å²) in [5.41, 5.74) is 1.32. The summed E-state index contributed by atoms with van der Waals surface area (Å²) in [6, 6.07) is 8.31. The van der Waals surface area contributed by atoms with Crippen LogP contribution in [0.2, 0.25) is 0 Å². The molecule has 0 spiro atoms. The average molecular weight is 431 g/mol. The molecule has 4 nitrogen and oxygen atoms in total. The Balaban J connectivity index is 0.00000264. The van der Waals surface area contributed by atoms with Crippen LogP contribution >= 0.6 is 24.0 Å². The van der Waals surface area contributed by atoms with Crippen LogP contribution in [0.1, 0.15) is 31.7 Å². The van der Waals surface area contributed by atoms with Crippen LogP contribution in [0.3, 0.4) is 0 Å². The van der Waals surface area contributed by atoms with Gasteiger partial charge in [-0.1, -0.05) is 19.1 Å². The molecular weight excluding hydrogens is 401 g/mol. The topological polar surface area (TPSA) is 36.9 Å². The Labute approximate surface area is 157 Å². The van der Waals surface area contributed by atoms with E-state index in [1.54, 1.807) is 7.11 Å². The van der Waals surface area contributed by atoms with Gasteiger partial charge in [0.15, 0.2) is 5.96 Å². The van der Waals surface area contributed by atoms with Gasteiger partial charge in [0.25, 0.3) is 0 Å². The van der Waals surface area contributed by atoms with Crippen LogP contribution in [-0.4, -0.2) is 44.7 Å². The summed E-state index contributed by atoms with van der Waals surface area (Å²) in [6.45, 7) is 5.52. The zero-order valence-electron chi connectivity index (χ0n) is 14.5. The van der Waals surface area contributed by atoms with Crippen LogP contribution in [0.5, 0.6) is 5.75 Å². The molecule has 1 unspecified atom stereocenters. The molecule has 1 heterocycles. The van der Waals surface area contributed by atoms with Gasteiger partial charge >= 0.3 is 0 Å². The van der Waals surface area contributed by atoms with Crippen molar-refractivity contribution in [1.29, 1.82) is 0 Å². The number of likely N-dealkylation sites (tertiary alicyclic amines) is 1. The number of nitrogens with one attached hydrogen (secondary N) is 1. The number of nitrogens with zero attached hydrogens (tertiary/aromatic N) is 2. The Hall–Kier alpha value is -0.980. The highest BCUT2D eigenvalue weighted by molar-refractivity contribution is 14.0. The molecule has 1 aliphatic heterocycles. The van der Waals surface area contributed by atoms with Crippen LogP contribution in [-0.2, 0) is 6.42 Å². The van der Waals surface area contributed by atoms with Crippen molar-refractivity contribution in [3.63, 3.8) is 0 Å². The fourth-order valence-corrected chi connectivity index (χ4v) is 3.03. The summed E-state index contributed by atoms with van der Waals surface area (Å²) in [4.78, 5) is 6.82. The number of piperidine rings is 1. The van der Waals surface area contributed by atoms with Crippen molar-refractivity contribution < 1.29 is 4.74 Å². The molecule has 1 fully saturated rings. The molecule has 1 aliphatic rings. The lowest BCUT2D eigenvalue weighted by Gasteiger charge is -2.33. The van der Waals surface area contributed by atoms with Gasteiger partial charge in [-0.25, -0.2) is 0 Å². The van der Waals surface area contributed by atoms with Crippen molar-refractivity contribution in [1.82, 2.24) is 10.2 Å². The summed E-state index contributed by atoms with van der Waals surface area (Å²) in [7, 11) is 3.59. The van der Waals surface area contributed by atoms with E-state index in [0.29, 0.717) is 0 Å². The Kier molecular flexibility index (Phi) is 9.36. The van der Waals surface area contributed by atoms with E-state index in [1.165, 1.54) is 18.4 Å². The van der Waals surface area contributed by atoms with Crippen LogP contribution in [0.4, 0.5) is 0 Å². The third-order valence-corrected chi connectivity index (χ3v) is 4.23. The maximum atomic E-state index is 5.26. The Morgan fingerprint density at radius 3 is 2.96 bits per heavy atom. The molecule has 0 saturated carbocycles. The zero-order chi connectivity index (χ0) is 15.8. The molecule has 0 aliphatic carbocycles.